The second-order valence-electron chi connectivity index (χ2n) is 8.72. The molecule has 2 bridgehead atoms. The minimum absolute atomic E-state index is 0.00267. The first kappa shape index (κ1) is 22.0. The molecular weight excluding hydrogens is 424 g/mol. The van der Waals surface area contributed by atoms with Gasteiger partial charge in [0.15, 0.2) is 9.84 Å². The van der Waals surface area contributed by atoms with Crippen molar-refractivity contribution in [3.63, 3.8) is 0 Å². The maximum Gasteiger partial charge on any atom is 0.241 e. The molecule has 164 valence electrons. The zero-order valence-corrected chi connectivity index (χ0v) is 18.6. The van der Waals surface area contributed by atoms with Crippen molar-refractivity contribution in [3.05, 3.63) is 53.6 Å². The number of sulfone groups is 1. The lowest BCUT2D eigenvalue weighted by molar-refractivity contribution is -0.127. The van der Waals surface area contributed by atoms with Crippen molar-refractivity contribution in [1.29, 1.82) is 10.5 Å². The Morgan fingerprint density at radius 1 is 1.22 bits per heavy atom. The van der Waals surface area contributed by atoms with Crippen molar-refractivity contribution < 1.29 is 13.2 Å². The van der Waals surface area contributed by atoms with Crippen molar-refractivity contribution in [2.24, 2.45) is 5.92 Å². The summed E-state index contributed by atoms with van der Waals surface area (Å²) in [6.45, 7) is 0.864. The number of nitrogens with zero attached hydrogens (tertiary/aromatic N) is 2. The predicted molar refractivity (Wildman–Crippen MR) is 119 cm³/mol. The average Bonchev–Trinajstić information content (AvgIpc) is 3.41. The molecule has 1 aliphatic heterocycles. The molecule has 0 spiro atoms. The number of piperidine rings is 1. The predicted octanol–water partition coefficient (Wildman–Crippen LogP) is 2.32. The van der Waals surface area contributed by atoms with Crippen molar-refractivity contribution in [2.45, 2.75) is 42.2 Å². The first-order valence-electron chi connectivity index (χ1n) is 10.5. The van der Waals surface area contributed by atoms with Crippen molar-refractivity contribution in [1.82, 2.24) is 10.6 Å². The quantitative estimate of drug-likeness (QED) is 0.699. The molecule has 3 atom stereocenters. The highest BCUT2D eigenvalue weighted by atomic mass is 32.2. The summed E-state index contributed by atoms with van der Waals surface area (Å²) in [6.07, 6.45) is 4.17. The highest BCUT2D eigenvalue weighted by molar-refractivity contribution is 7.90. The minimum Gasteiger partial charge on any atom is -0.338 e. The summed E-state index contributed by atoms with van der Waals surface area (Å²) in [5.74, 6) is 0.464. The van der Waals surface area contributed by atoms with Gasteiger partial charge in [0.25, 0.3) is 0 Å². The van der Waals surface area contributed by atoms with Gasteiger partial charge in [-0.15, -0.1) is 0 Å². The number of rotatable bonds is 6. The van der Waals surface area contributed by atoms with Crippen LogP contribution in [0.1, 0.15) is 30.4 Å². The van der Waals surface area contributed by atoms with E-state index in [-0.39, 0.29) is 16.4 Å². The fraction of sp³-hybridized carbons (Fsp3) is 0.375. The van der Waals surface area contributed by atoms with E-state index in [0.717, 1.165) is 43.2 Å². The summed E-state index contributed by atoms with van der Waals surface area (Å²) in [5, 5.41) is 25.0. The highest BCUT2D eigenvalue weighted by Gasteiger charge is 2.50. The fourth-order valence-electron chi connectivity index (χ4n) is 4.70. The van der Waals surface area contributed by atoms with Gasteiger partial charge in [-0.25, -0.2) is 8.42 Å². The summed E-state index contributed by atoms with van der Waals surface area (Å²) in [7, 11) is -3.53. The zero-order valence-electron chi connectivity index (χ0n) is 17.8. The van der Waals surface area contributed by atoms with Crippen LogP contribution in [0.15, 0.2) is 47.4 Å². The van der Waals surface area contributed by atoms with Crippen LogP contribution in [0.3, 0.4) is 0 Å². The number of fused-ring (bicyclic) bond motifs is 2. The van der Waals surface area contributed by atoms with Crippen LogP contribution in [-0.4, -0.2) is 38.7 Å². The van der Waals surface area contributed by atoms with Gasteiger partial charge in [0.05, 0.1) is 22.1 Å². The van der Waals surface area contributed by atoms with E-state index >= 15 is 0 Å². The molecule has 2 fully saturated rings. The van der Waals surface area contributed by atoms with E-state index in [1.807, 2.05) is 30.3 Å². The van der Waals surface area contributed by atoms with Crippen LogP contribution in [-0.2, 0) is 21.1 Å². The summed E-state index contributed by atoms with van der Waals surface area (Å²) in [6, 6.07) is 15.6. The third kappa shape index (κ3) is 4.25. The minimum atomic E-state index is -3.53. The second kappa shape index (κ2) is 8.38. The normalized spacial score (nSPS) is 22.7. The summed E-state index contributed by atoms with van der Waals surface area (Å²) >= 11 is 0. The van der Waals surface area contributed by atoms with Gasteiger partial charge in [-0.2, -0.15) is 10.5 Å². The molecule has 1 saturated heterocycles. The molecule has 4 rings (SSSR count). The Morgan fingerprint density at radius 2 is 1.94 bits per heavy atom. The summed E-state index contributed by atoms with van der Waals surface area (Å²) in [4.78, 5) is 12.8. The lowest BCUT2D eigenvalue weighted by Crippen LogP contribution is -2.55. The molecule has 1 unspecified atom stereocenters. The Balaban J connectivity index is 1.47. The molecular formula is C24H24N4O3S. The molecule has 8 heteroatoms. The van der Waals surface area contributed by atoms with E-state index in [4.69, 9.17) is 0 Å². The average molecular weight is 449 g/mol. The molecule has 2 aromatic rings. The molecule has 1 heterocycles. The first-order chi connectivity index (χ1) is 15.2. The maximum absolute atomic E-state index is 12.8. The van der Waals surface area contributed by atoms with E-state index in [1.165, 1.54) is 12.1 Å². The number of nitrogens with one attached hydrogen (secondary N) is 2. The van der Waals surface area contributed by atoms with Crippen LogP contribution in [0.25, 0.3) is 11.1 Å². The molecule has 1 amide bonds. The summed E-state index contributed by atoms with van der Waals surface area (Å²) in [5.41, 5.74) is 1.97. The van der Waals surface area contributed by atoms with Crippen LogP contribution in [0.5, 0.6) is 0 Å². The van der Waals surface area contributed by atoms with Crippen molar-refractivity contribution >= 4 is 15.7 Å². The van der Waals surface area contributed by atoms with E-state index < -0.39 is 21.4 Å². The third-order valence-electron chi connectivity index (χ3n) is 6.47. The topological polar surface area (TPSA) is 123 Å². The van der Waals surface area contributed by atoms with Gasteiger partial charge in [0, 0.05) is 12.7 Å². The number of hydrogen-bond donors (Lipinski definition) is 2. The molecule has 1 saturated carbocycles. The Labute approximate surface area is 188 Å². The number of amides is 1. The van der Waals surface area contributed by atoms with Gasteiger partial charge >= 0.3 is 0 Å². The maximum atomic E-state index is 12.8. The van der Waals surface area contributed by atoms with Gasteiger partial charge in [0.2, 0.25) is 5.91 Å². The lowest BCUT2D eigenvalue weighted by Gasteiger charge is -2.27. The monoisotopic (exact) mass is 448 g/mol. The molecule has 2 N–H and O–H groups in total. The Hall–Kier alpha value is -3.20. The molecule has 32 heavy (non-hydrogen) atoms. The van der Waals surface area contributed by atoms with E-state index in [0.29, 0.717) is 17.9 Å². The van der Waals surface area contributed by atoms with Gasteiger partial charge in [-0.05, 0) is 60.5 Å². The van der Waals surface area contributed by atoms with Crippen LogP contribution in [0.4, 0.5) is 0 Å². The highest BCUT2D eigenvalue weighted by Crippen LogP contribution is 2.40. The largest absolute Gasteiger partial charge is 0.338 e. The molecule has 2 aromatic carbocycles. The fourth-order valence-corrected chi connectivity index (χ4v) is 5.56. The number of carbonyl (C=O) groups excluding carboxylic acids is 1. The Bertz CT molecular complexity index is 1230. The smallest absolute Gasteiger partial charge is 0.241 e. The molecule has 0 radical (unpaired) electrons. The SMILES string of the molecule is CS(=O)(=O)c1cc(-c2ccc(C[C@@H](C#N)NC(=O)C34CC[C@@H](CN3)C4)cc2)ccc1C#N. The van der Waals surface area contributed by atoms with E-state index in [2.05, 4.69) is 16.7 Å². The third-order valence-corrected chi connectivity index (χ3v) is 7.61. The summed E-state index contributed by atoms with van der Waals surface area (Å²) < 4.78 is 24.0. The van der Waals surface area contributed by atoms with Gasteiger partial charge in [0.1, 0.15) is 12.1 Å². The second-order valence-corrected chi connectivity index (χ2v) is 10.7. The number of carbonyl (C=O) groups is 1. The van der Waals surface area contributed by atoms with Crippen molar-refractivity contribution in [3.8, 4) is 23.3 Å². The first-order valence-corrected chi connectivity index (χ1v) is 12.4. The van der Waals surface area contributed by atoms with E-state index in [1.54, 1.807) is 6.07 Å². The number of hydrogen-bond acceptors (Lipinski definition) is 6. The van der Waals surface area contributed by atoms with Crippen LogP contribution in [0, 0.1) is 28.6 Å². The molecule has 1 aliphatic carbocycles. The standard InChI is InChI=1S/C24H24N4O3S/c1-32(30,31)22-11-19(6-7-20(22)13-25)18-4-2-16(3-5-18)10-21(14-26)28-23(29)24-9-8-17(12-24)15-27-24/h2-7,11,17,21,27H,8-10,12,15H2,1H3,(H,28,29)/t17-,21+,24?/m1/s1. The Kier molecular flexibility index (Phi) is 5.77. The number of nitriles is 2. The van der Waals surface area contributed by atoms with Crippen molar-refractivity contribution in [2.75, 3.05) is 12.8 Å². The van der Waals surface area contributed by atoms with Crippen LogP contribution >= 0.6 is 0 Å². The Morgan fingerprint density at radius 3 is 2.47 bits per heavy atom. The molecule has 2 aliphatic rings. The lowest BCUT2D eigenvalue weighted by atomic mass is 9.96. The van der Waals surface area contributed by atoms with Gasteiger partial charge in [-0.1, -0.05) is 30.3 Å². The molecule has 7 nitrogen and oxygen atoms in total. The van der Waals surface area contributed by atoms with Crippen LogP contribution < -0.4 is 10.6 Å². The van der Waals surface area contributed by atoms with Gasteiger partial charge in [-0.3, -0.25) is 4.79 Å². The number of benzene rings is 2. The van der Waals surface area contributed by atoms with E-state index in [9.17, 15) is 23.7 Å². The molecule has 0 aromatic heterocycles. The van der Waals surface area contributed by atoms with Gasteiger partial charge < -0.3 is 10.6 Å². The van der Waals surface area contributed by atoms with Crippen LogP contribution in [0.2, 0.25) is 0 Å². The zero-order chi connectivity index (χ0) is 22.9.